The highest BCUT2D eigenvalue weighted by atomic mass is 32.2. The lowest BCUT2D eigenvalue weighted by Gasteiger charge is -2.35. The predicted octanol–water partition coefficient (Wildman–Crippen LogP) is 2.26. The Bertz CT molecular complexity index is 1080. The van der Waals surface area contributed by atoms with Gasteiger partial charge in [-0.1, -0.05) is 12.1 Å². The largest absolute Gasteiger partial charge is 0.369 e. The second-order valence-electron chi connectivity index (χ2n) is 8.07. The van der Waals surface area contributed by atoms with Crippen molar-refractivity contribution >= 4 is 33.1 Å². The topological polar surface area (TPSA) is 98.8 Å². The van der Waals surface area contributed by atoms with Crippen molar-refractivity contribution in [3.05, 3.63) is 53.6 Å². The van der Waals surface area contributed by atoms with E-state index in [0.717, 1.165) is 31.7 Å². The van der Waals surface area contributed by atoms with Crippen molar-refractivity contribution < 1.29 is 18.0 Å². The first-order valence-corrected chi connectivity index (χ1v) is 12.1. The quantitative estimate of drug-likeness (QED) is 0.589. The molecular weight excluding hydrogens is 428 g/mol. The van der Waals surface area contributed by atoms with Crippen LogP contribution in [0.15, 0.2) is 47.4 Å². The molecular formula is C23H30N4O4S. The summed E-state index contributed by atoms with van der Waals surface area (Å²) >= 11 is 0. The molecule has 0 saturated carbocycles. The highest BCUT2D eigenvalue weighted by molar-refractivity contribution is 7.89. The fourth-order valence-corrected chi connectivity index (χ4v) is 4.64. The van der Waals surface area contributed by atoms with Crippen molar-refractivity contribution in [2.24, 2.45) is 0 Å². The van der Waals surface area contributed by atoms with E-state index in [-0.39, 0.29) is 29.6 Å². The lowest BCUT2D eigenvalue weighted by atomic mass is 10.1. The number of rotatable bonds is 8. The minimum atomic E-state index is -3.75. The zero-order valence-corrected chi connectivity index (χ0v) is 19.5. The van der Waals surface area contributed by atoms with Gasteiger partial charge in [-0.3, -0.25) is 9.59 Å². The number of nitrogens with one attached hydrogen (secondary N) is 2. The van der Waals surface area contributed by atoms with Crippen LogP contribution in [0.3, 0.4) is 0 Å². The molecule has 2 aromatic carbocycles. The molecule has 1 heterocycles. The number of benzene rings is 2. The molecule has 3 rings (SSSR count). The van der Waals surface area contributed by atoms with Gasteiger partial charge in [0.15, 0.2) is 5.78 Å². The van der Waals surface area contributed by atoms with Gasteiger partial charge in [-0.2, -0.15) is 0 Å². The molecule has 0 radical (unpaired) electrons. The minimum Gasteiger partial charge on any atom is -0.369 e. The summed E-state index contributed by atoms with van der Waals surface area (Å²) in [5, 5.41) is 2.83. The monoisotopic (exact) mass is 458 g/mol. The van der Waals surface area contributed by atoms with Crippen LogP contribution in [0.25, 0.3) is 0 Å². The standard InChI is InChI=1S/C23H30N4O4S/c1-17-16-20(6-9-22(17)27-14-12-26(3)13-15-27)25-23(29)10-11-24-32(30,31)21-7-4-19(5-8-21)18(2)28/h4-9,16,24H,10-15H2,1-3H3,(H,25,29). The van der Waals surface area contributed by atoms with Crippen LogP contribution in [0.1, 0.15) is 29.3 Å². The van der Waals surface area contributed by atoms with Crippen LogP contribution < -0.4 is 14.9 Å². The predicted molar refractivity (Wildman–Crippen MR) is 126 cm³/mol. The first kappa shape index (κ1) is 23.9. The summed E-state index contributed by atoms with van der Waals surface area (Å²) in [6.07, 6.45) is 0.00399. The molecule has 0 unspecified atom stereocenters. The van der Waals surface area contributed by atoms with E-state index in [2.05, 4.69) is 26.9 Å². The smallest absolute Gasteiger partial charge is 0.240 e. The van der Waals surface area contributed by atoms with E-state index >= 15 is 0 Å². The van der Waals surface area contributed by atoms with Crippen LogP contribution in [-0.2, 0) is 14.8 Å². The summed E-state index contributed by atoms with van der Waals surface area (Å²) in [4.78, 5) is 28.3. The van der Waals surface area contributed by atoms with Crippen LogP contribution >= 0.6 is 0 Å². The SMILES string of the molecule is CC(=O)c1ccc(S(=O)(=O)NCCC(=O)Nc2ccc(N3CCN(C)CC3)c(C)c2)cc1. The number of nitrogens with zero attached hydrogens (tertiary/aromatic N) is 2. The Morgan fingerprint density at radius 1 is 1.00 bits per heavy atom. The fraction of sp³-hybridized carbons (Fsp3) is 0.391. The number of aryl methyl sites for hydroxylation is 1. The zero-order chi connectivity index (χ0) is 23.3. The molecule has 8 nitrogen and oxygen atoms in total. The number of hydrogen-bond acceptors (Lipinski definition) is 6. The molecule has 1 saturated heterocycles. The Hall–Kier alpha value is -2.75. The third-order valence-electron chi connectivity index (χ3n) is 5.54. The highest BCUT2D eigenvalue weighted by Gasteiger charge is 2.17. The summed E-state index contributed by atoms with van der Waals surface area (Å²) in [6.45, 7) is 7.41. The van der Waals surface area contributed by atoms with Crippen LogP contribution in [0.4, 0.5) is 11.4 Å². The molecule has 1 aliphatic rings. The summed E-state index contributed by atoms with van der Waals surface area (Å²) in [5.41, 5.74) is 3.38. The van der Waals surface area contributed by atoms with Crippen LogP contribution in [0.2, 0.25) is 0 Å². The number of sulfonamides is 1. The van der Waals surface area contributed by atoms with Crippen LogP contribution in [-0.4, -0.2) is 64.8 Å². The maximum absolute atomic E-state index is 12.4. The third kappa shape index (κ3) is 6.15. The molecule has 1 aliphatic heterocycles. The number of anilines is 2. The number of piperazine rings is 1. The van der Waals surface area contributed by atoms with Gasteiger partial charge in [-0.15, -0.1) is 0 Å². The summed E-state index contributed by atoms with van der Waals surface area (Å²) < 4.78 is 27.2. The number of hydrogen-bond donors (Lipinski definition) is 2. The van der Waals surface area contributed by atoms with E-state index in [0.29, 0.717) is 11.3 Å². The average molecular weight is 459 g/mol. The summed E-state index contributed by atoms with van der Waals surface area (Å²) in [5.74, 6) is -0.406. The third-order valence-corrected chi connectivity index (χ3v) is 7.02. The minimum absolute atomic E-state index is 0.00399. The van der Waals surface area contributed by atoms with Gasteiger partial charge in [0, 0.05) is 56.1 Å². The van der Waals surface area contributed by atoms with E-state index in [1.165, 1.54) is 36.9 Å². The Kier molecular flexibility index (Phi) is 7.65. The molecule has 0 atom stereocenters. The van der Waals surface area contributed by atoms with Gasteiger partial charge in [0.25, 0.3) is 0 Å². The summed E-state index contributed by atoms with van der Waals surface area (Å²) in [7, 11) is -1.63. The second-order valence-corrected chi connectivity index (χ2v) is 9.84. The van der Waals surface area contributed by atoms with Crippen LogP contribution in [0, 0.1) is 6.92 Å². The van der Waals surface area contributed by atoms with E-state index in [1.807, 2.05) is 25.1 Å². The van der Waals surface area contributed by atoms with Crippen molar-refractivity contribution in [2.75, 3.05) is 50.0 Å². The lowest BCUT2D eigenvalue weighted by Crippen LogP contribution is -2.44. The molecule has 172 valence electrons. The molecule has 0 spiro atoms. The maximum atomic E-state index is 12.4. The molecule has 32 heavy (non-hydrogen) atoms. The Labute approximate surface area is 189 Å². The first-order valence-electron chi connectivity index (χ1n) is 10.6. The Morgan fingerprint density at radius 3 is 2.25 bits per heavy atom. The van der Waals surface area contributed by atoms with Gasteiger partial charge in [-0.05, 0) is 56.8 Å². The van der Waals surface area contributed by atoms with Crippen LogP contribution in [0.5, 0.6) is 0 Å². The van der Waals surface area contributed by atoms with Crippen molar-refractivity contribution in [3.63, 3.8) is 0 Å². The maximum Gasteiger partial charge on any atom is 0.240 e. The number of carbonyl (C=O) groups excluding carboxylic acids is 2. The van der Waals surface area contributed by atoms with Crippen molar-refractivity contribution in [1.82, 2.24) is 9.62 Å². The summed E-state index contributed by atoms with van der Waals surface area (Å²) in [6, 6.07) is 11.5. The van der Waals surface area contributed by atoms with Gasteiger partial charge in [0.1, 0.15) is 0 Å². The van der Waals surface area contributed by atoms with Crippen molar-refractivity contribution in [3.8, 4) is 0 Å². The fourth-order valence-electron chi connectivity index (χ4n) is 3.61. The van der Waals surface area contributed by atoms with Gasteiger partial charge in [-0.25, -0.2) is 13.1 Å². The van der Waals surface area contributed by atoms with E-state index in [1.54, 1.807) is 0 Å². The van der Waals surface area contributed by atoms with Crippen molar-refractivity contribution in [1.29, 1.82) is 0 Å². The molecule has 1 amide bonds. The number of likely N-dealkylation sites (N-methyl/N-ethyl adjacent to an activating group) is 1. The Balaban J connectivity index is 1.51. The van der Waals surface area contributed by atoms with Gasteiger partial charge < -0.3 is 15.1 Å². The lowest BCUT2D eigenvalue weighted by molar-refractivity contribution is -0.116. The molecule has 0 aromatic heterocycles. The normalized spacial score (nSPS) is 14.9. The van der Waals surface area contributed by atoms with Gasteiger partial charge >= 0.3 is 0 Å². The number of amides is 1. The molecule has 2 aromatic rings. The molecule has 2 N–H and O–H groups in total. The second kappa shape index (κ2) is 10.2. The number of ketones is 1. The zero-order valence-electron chi connectivity index (χ0n) is 18.7. The van der Waals surface area contributed by atoms with E-state index < -0.39 is 10.0 Å². The van der Waals surface area contributed by atoms with Crippen molar-refractivity contribution in [2.45, 2.75) is 25.2 Å². The molecule has 0 aliphatic carbocycles. The number of carbonyl (C=O) groups is 2. The highest BCUT2D eigenvalue weighted by Crippen LogP contribution is 2.24. The van der Waals surface area contributed by atoms with Gasteiger partial charge in [0.2, 0.25) is 15.9 Å². The molecule has 9 heteroatoms. The van der Waals surface area contributed by atoms with E-state index in [9.17, 15) is 18.0 Å². The molecule has 0 bridgehead atoms. The molecule has 1 fully saturated rings. The number of Topliss-reactive ketones (excluding diaryl/α,β-unsaturated/α-hetero) is 1. The first-order chi connectivity index (χ1) is 15.2. The average Bonchev–Trinajstić information content (AvgIpc) is 2.74. The Morgan fingerprint density at radius 2 is 1.66 bits per heavy atom. The van der Waals surface area contributed by atoms with E-state index in [4.69, 9.17) is 0 Å². The van der Waals surface area contributed by atoms with Gasteiger partial charge in [0.05, 0.1) is 4.90 Å².